The number of anilines is 1. The number of benzene rings is 1. The normalized spacial score (nSPS) is 10.2. The topological polar surface area (TPSA) is 54.9 Å². The molecule has 1 amide bonds. The van der Waals surface area contributed by atoms with Gasteiger partial charge in [-0.05, 0) is 38.1 Å². The van der Waals surface area contributed by atoms with Crippen LogP contribution in [0.25, 0.3) is 0 Å². The third-order valence-electron chi connectivity index (χ3n) is 2.56. The van der Waals surface area contributed by atoms with E-state index >= 15 is 0 Å². The molecule has 0 unspecified atom stereocenters. The maximum Gasteiger partial charge on any atom is 0.259 e. The van der Waals surface area contributed by atoms with Gasteiger partial charge in [0.25, 0.3) is 5.91 Å². The van der Waals surface area contributed by atoms with Gasteiger partial charge < -0.3 is 5.32 Å². The third-order valence-corrected chi connectivity index (χ3v) is 2.81. The molecule has 1 N–H and O–H groups in total. The number of carbonyl (C=O) groups is 1. The Morgan fingerprint density at radius 3 is 2.22 bits per heavy atom. The van der Waals surface area contributed by atoms with Gasteiger partial charge in [-0.15, -0.1) is 0 Å². The Morgan fingerprint density at radius 2 is 1.67 bits per heavy atom. The number of nitrogens with zero attached hydrogens (tertiary/aromatic N) is 2. The van der Waals surface area contributed by atoms with Crippen molar-refractivity contribution in [3.8, 4) is 0 Å². The number of amides is 1. The number of hydrogen-bond acceptors (Lipinski definition) is 3. The summed E-state index contributed by atoms with van der Waals surface area (Å²) in [5.41, 5.74) is 2.52. The Hall–Kier alpha value is -1.94. The van der Waals surface area contributed by atoms with E-state index in [9.17, 15) is 4.79 Å². The molecule has 92 valence electrons. The van der Waals surface area contributed by atoms with Crippen molar-refractivity contribution in [2.24, 2.45) is 0 Å². The summed E-state index contributed by atoms with van der Waals surface area (Å²) in [7, 11) is 0. The molecule has 2 rings (SSSR count). The van der Waals surface area contributed by atoms with E-state index in [4.69, 9.17) is 11.6 Å². The maximum absolute atomic E-state index is 12.1. The van der Waals surface area contributed by atoms with Crippen LogP contribution in [0.15, 0.2) is 30.6 Å². The maximum atomic E-state index is 12.1. The van der Waals surface area contributed by atoms with Gasteiger partial charge in [-0.3, -0.25) is 4.79 Å². The van der Waals surface area contributed by atoms with E-state index in [-0.39, 0.29) is 5.91 Å². The Balaban J connectivity index is 2.25. The van der Waals surface area contributed by atoms with Crippen LogP contribution in [0.4, 0.5) is 5.69 Å². The number of hydrogen-bond donors (Lipinski definition) is 1. The first-order valence-electron chi connectivity index (χ1n) is 5.43. The zero-order valence-electron chi connectivity index (χ0n) is 10.1. The quantitative estimate of drug-likeness (QED) is 0.904. The van der Waals surface area contributed by atoms with Crippen molar-refractivity contribution in [3.63, 3.8) is 0 Å². The van der Waals surface area contributed by atoms with Crippen molar-refractivity contribution < 1.29 is 4.79 Å². The highest BCUT2D eigenvalue weighted by Gasteiger charge is 2.13. The largest absolute Gasteiger partial charge is 0.322 e. The predicted octanol–water partition coefficient (Wildman–Crippen LogP) is 3.00. The highest BCUT2D eigenvalue weighted by atomic mass is 35.5. The molecule has 0 aliphatic carbocycles. The van der Waals surface area contributed by atoms with Crippen LogP contribution in [0.2, 0.25) is 5.02 Å². The lowest BCUT2D eigenvalue weighted by atomic mass is 10.1. The van der Waals surface area contributed by atoms with Crippen LogP contribution >= 0.6 is 11.6 Å². The summed E-state index contributed by atoms with van der Waals surface area (Å²) in [4.78, 5) is 20.2. The van der Waals surface area contributed by atoms with Gasteiger partial charge in [0, 0.05) is 10.7 Å². The molecule has 0 fully saturated rings. The smallest absolute Gasteiger partial charge is 0.259 e. The standard InChI is InChI=1S/C13H12ClN3O/c1-8-12(9(2)16-7-15-8)13(18)17-11-5-3-10(14)4-6-11/h3-7H,1-2H3,(H,17,18). The van der Waals surface area contributed by atoms with Gasteiger partial charge in [-0.1, -0.05) is 11.6 Å². The molecule has 0 aliphatic rings. The number of carbonyl (C=O) groups excluding carboxylic acids is 1. The molecule has 0 atom stereocenters. The highest BCUT2D eigenvalue weighted by Crippen LogP contribution is 2.16. The first kappa shape index (κ1) is 12.5. The number of aromatic nitrogens is 2. The van der Waals surface area contributed by atoms with Gasteiger partial charge in [0.05, 0.1) is 17.0 Å². The highest BCUT2D eigenvalue weighted by molar-refractivity contribution is 6.30. The van der Waals surface area contributed by atoms with E-state index in [1.54, 1.807) is 38.1 Å². The minimum atomic E-state index is -0.215. The molecule has 0 radical (unpaired) electrons. The van der Waals surface area contributed by atoms with Crippen LogP contribution in [0, 0.1) is 13.8 Å². The first-order valence-corrected chi connectivity index (χ1v) is 5.81. The summed E-state index contributed by atoms with van der Waals surface area (Å²) in [5.74, 6) is -0.215. The van der Waals surface area contributed by atoms with Crippen LogP contribution < -0.4 is 5.32 Å². The lowest BCUT2D eigenvalue weighted by Gasteiger charge is -2.08. The van der Waals surface area contributed by atoms with Gasteiger partial charge in [0.15, 0.2) is 0 Å². The van der Waals surface area contributed by atoms with Crippen molar-refractivity contribution in [1.29, 1.82) is 0 Å². The fraction of sp³-hybridized carbons (Fsp3) is 0.154. The zero-order valence-corrected chi connectivity index (χ0v) is 10.8. The van der Waals surface area contributed by atoms with Crippen molar-refractivity contribution in [3.05, 3.63) is 52.6 Å². The summed E-state index contributed by atoms with van der Waals surface area (Å²) < 4.78 is 0. The molecule has 0 saturated heterocycles. The molecule has 5 heteroatoms. The molecule has 0 bridgehead atoms. The summed E-state index contributed by atoms with van der Waals surface area (Å²) in [5, 5.41) is 3.42. The third kappa shape index (κ3) is 2.65. The molecule has 1 heterocycles. The number of nitrogens with one attached hydrogen (secondary N) is 1. The van der Waals surface area contributed by atoms with Gasteiger partial charge >= 0.3 is 0 Å². The monoisotopic (exact) mass is 261 g/mol. The molecule has 4 nitrogen and oxygen atoms in total. The van der Waals surface area contributed by atoms with Gasteiger partial charge in [0.2, 0.25) is 0 Å². The Kier molecular flexibility index (Phi) is 3.58. The van der Waals surface area contributed by atoms with Gasteiger partial charge in [-0.25, -0.2) is 9.97 Å². The lowest BCUT2D eigenvalue weighted by molar-refractivity contribution is 0.102. The summed E-state index contributed by atoms with van der Waals surface area (Å²) in [6.07, 6.45) is 1.45. The molecule has 2 aromatic rings. The predicted molar refractivity (Wildman–Crippen MR) is 70.9 cm³/mol. The van der Waals surface area contributed by atoms with E-state index in [0.29, 0.717) is 27.7 Å². The molecule has 0 spiro atoms. The van der Waals surface area contributed by atoms with Crippen LogP contribution in [-0.4, -0.2) is 15.9 Å². The molecule has 0 aliphatic heterocycles. The molecular weight excluding hydrogens is 250 g/mol. The molecule has 0 saturated carbocycles. The van der Waals surface area contributed by atoms with E-state index in [2.05, 4.69) is 15.3 Å². The number of rotatable bonds is 2. The fourth-order valence-electron chi connectivity index (χ4n) is 1.65. The minimum absolute atomic E-state index is 0.215. The molecule has 1 aromatic heterocycles. The van der Waals surface area contributed by atoms with Crippen LogP contribution in [-0.2, 0) is 0 Å². The van der Waals surface area contributed by atoms with Crippen molar-refractivity contribution in [2.75, 3.05) is 5.32 Å². The second-order valence-electron chi connectivity index (χ2n) is 3.88. The second kappa shape index (κ2) is 5.14. The Morgan fingerprint density at radius 1 is 1.11 bits per heavy atom. The second-order valence-corrected chi connectivity index (χ2v) is 4.32. The number of halogens is 1. The van der Waals surface area contributed by atoms with E-state index in [1.165, 1.54) is 6.33 Å². The van der Waals surface area contributed by atoms with E-state index in [1.807, 2.05) is 0 Å². The lowest BCUT2D eigenvalue weighted by Crippen LogP contribution is -2.16. The number of aryl methyl sites for hydroxylation is 2. The average Bonchev–Trinajstić information content (AvgIpc) is 2.32. The Bertz CT molecular complexity index is 561. The SMILES string of the molecule is Cc1ncnc(C)c1C(=O)Nc1ccc(Cl)cc1. The molecule has 18 heavy (non-hydrogen) atoms. The van der Waals surface area contributed by atoms with Crippen LogP contribution in [0.3, 0.4) is 0 Å². The van der Waals surface area contributed by atoms with E-state index in [0.717, 1.165) is 0 Å². The summed E-state index contributed by atoms with van der Waals surface area (Å²) in [6, 6.07) is 6.93. The summed E-state index contributed by atoms with van der Waals surface area (Å²) in [6.45, 7) is 3.57. The summed E-state index contributed by atoms with van der Waals surface area (Å²) >= 11 is 5.78. The van der Waals surface area contributed by atoms with Crippen molar-refractivity contribution >= 4 is 23.2 Å². The van der Waals surface area contributed by atoms with Crippen molar-refractivity contribution in [2.45, 2.75) is 13.8 Å². The minimum Gasteiger partial charge on any atom is -0.322 e. The molecular formula is C13H12ClN3O. The Labute approximate surface area is 110 Å². The fourth-order valence-corrected chi connectivity index (χ4v) is 1.77. The van der Waals surface area contributed by atoms with Gasteiger partial charge in [-0.2, -0.15) is 0 Å². The van der Waals surface area contributed by atoms with E-state index < -0.39 is 0 Å². The van der Waals surface area contributed by atoms with Crippen molar-refractivity contribution in [1.82, 2.24) is 9.97 Å². The van der Waals surface area contributed by atoms with Crippen LogP contribution in [0.5, 0.6) is 0 Å². The average molecular weight is 262 g/mol. The van der Waals surface area contributed by atoms with Gasteiger partial charge in [0.1, 0.15) is 6.33 Å². The van der Waals surface area contributed by atoms with Crippen LogP contribution in [0.1, 0.15) is 21.7 Å². The first-order chi connectivity index (χ1) is 8.58. The molecule has 1 aromatic carbocycles. The zero-order chi connectivity index (χ0) is 13.1.